The normalized spacial score (nSPS) is 10.6. The Balaban J connectivity index is 2.04. The molecular weight excluding hydrogens is 262 g/mol. The third kappa shape index (κ3) is 2.48. The van der Waals surface area contributed by atoms with Crippen LogP contribution >= 0.6 is 0 Å². The molecule has 0 unspecified atom stereocenters. The van der Waals surface area contributed by atoms with E-state index in [4.69, 9.17) is 0 Å². The zero-order valence-corrected chi connectivity index (χ0v) is 11.9. The maximum atomic E-state index is 12.6. The number of carbonyl (C=O) groups excluding carboxylic acids is 1. The minimum atomic E-state index is -0.0843. The molecule has 1 heterocycles. The summed E-state index contributed by atoms with van der Waals surface area (Å²) in [6.07, 6.45) is 1.43. The number of benzene rings is 2. The third-order valence-electron chi connectivity index (χ3n) is 3.40. The fourth-order valence-corrected chi connectivity index (χ4v) is 2.23. The molecule has 1 aromatic heterocycles. The van der Waals surface area contributed by atoms with Crippen LogP contribution in [-0.4, -0.2) is 29.8 Å². The van der Waals surface area contributed by atoms with Gasteiger partial charge in [-0.2, -0.15) is 0 Å². The Morgan fingerprint density at radius 1 is 0.952 bits per heavy atom. The van der Waals surface area contributed by atoms with Crippen LogP contribution in [0.1, 0.15) is 16.1 Å². The molecule has 0 atom stereocenters. The maximum absolute atomic E-state index is 12.6. The van der Waals surface area contributed by atoms with Crippen LogP contribution in [0.4, 0.5) is 5.69 Å². The van der Waals surface area contributed by atoms with Crippen LogP contribution in [-0.2, 0) is 0 Å². The summed E-state index contributed by atoms with van der Waals surface area (Å²) in [5, 5.41) is 0.779. The van der Waals surface area contributed by atoms with Gasteiger partial charge in [0.2, 0.25) is 5.78 Å². The number of fused-ring (bicyclic) bond motifs is 1. The highest BCUT2D eigenvalue weighted by Crippen LogP contribution is 2.19. The van der Waals surface area contributed by atoms with Crippen LogP contribution in [0.2, 0.25) is 0 Å². The predicted molar refractivity (Wildman–Crippen MR) is 83.7 cm³/mol. The maximum Gasteiger partial charge on any atom is 0.212 e. The SMILES string of the molecule is CN(C)c1ccc(C(=O)c2ncnc3ccccc23)cc1. The lowest BCUT2D eigenvalue weighted by Gasteiger charge is -2.12. The van der Waals surface area contributed by atoms with Gasteiger partial charge in [0.15, 0.2) is 0 Å². The van der Waals surface area contributed by atoms with Gasteiger partial charge < -0.3 is 4.90 Å². The van der Waals surface area contributed by atoms with E-state index in [9.17, 15) is 4.79 Å². The van der Waals surface area contributed by atoms with E-state index in [1.807, 2.05) is 67.5 Å². The molecule has 104 valence electrons. The Bertz CT molecular complexity index is 789. The Morgan fingerprint density at radius 3 is 2.38 bits per heavy atom. The van der Waals surface area contributed by atoms with E-state index in [0.717, 1.165) is 16.6 Å². The molecule has 0 aliphatic carbocycles. The van der Waals surface area contributed by atoms with E-state index in [1.165, 1.54) is 6.33 Å². The third-order valence-corrected chi connectivity index (χ3v) is 3.40. The highest BCUT2D eigenvalue weighted by atomic mass is 16.1. The van der Waals surface area contributed by atoms with Crippen LogP contribution in [0.25, 0.3) is 10.9 Å². The Labute approximate surface area is 123 Å². The van der Waals surface area contributed by atoms with Crippen molar-refractivity contribution in [3.05, 3.63) is 66.1 Å². The highest BCUT2D eigenvalue weighted by molar-refractivity contribution is 6.14. The summed E-state index contributed by atoms with van der Waals surface area (Å²) in [6, 6.07) is 15.0. The van der Waals surface area contributed by atoms with E-state index in [0.29, 0.717) is 11.3 Å². The number of carbonyl (C=O) groups is 1. The summed E-state index contributed by atoms with van der Waals surface area (Å²) in [5.74, 6) is -0.0843. The molecule has 3 aromatic rings. The van der Waals surface area contributed by atoms with Crippen molar-refractivity contribution < 1.29 is 4.79 Å². The smallest absolute Gasteiger partial charge is 0.212 e. The van der Waals surface area contributed by atoms with Gasteiger partial charge in [0, 0.05) is 30.7 Å². The standard InChI is InChI=1S/C17H15N3O/c1-20(2)13-9-7-12(8-10-13)17(21)16-14-5-3-4-6-15(14)18-11-19-16/h3-11H,1-2H3. The summed E-state index contributed by atoms with van der Waals surface area (Å²) >= 11 is 0. The van der Waals surface area contributed by atoms with E-state index >= 15 is 0 Å². The quantitative estimate of drug-likeness (QED) is 0.691. The Hall–Kier alpha value is -2.75. The summed E-state index contributed by atoms with van der Waals surface area (Å²) in [5.41, 5.74) is 2.91. The van der Waals surface area contributed by atoms with Gasteiger partial charge in [0.05, 0.1) is 5.52 Å². The van der Waals surface area contributed by atoms with E-state index < -0.39 is 0 Å². The highest BCUT2D eigenvalue weighted by Gasteiger charge is 2.14. The van der Waals surface area contributed by atoms with Crippen molar-refractivity contribution in [2.45, 2.75) is 0 Å². The monoisotopic (exact) mass is 277 g/mol. The van der Waals surface area contributed by atoms with Crippen LogP contribution < -0.4 is 4.90 Å². The molecule has 0 bridgehead atoms. The predicted octanol–water partition coefficient (Wildman–Crippen LogP) is 2.93. The molecule has 0 aliphatic rings. The van der Waals surface area contributed by atoms with Crippen molar-refractivity contribution in [2.75, 3.05) is 19.0 Å². The lowest BCUT2D eigenvalue weighted by Crippen LogP contribution is -2.09. The first kappa shape index (κ1) is 13.2. The van der Waals surface area contributed by atoms with Crippen molar-refractivity contribution in [2.24, 2.45) is 0 Å². The fraction of sp³-hybridized carbons (Fsp3) is 0.118. The van der Waals surface area contributed by atoms with Gasteiger partial charge in [-0.05, 0) is 30.3 Å². The number of aromatic nitrogens is 2. The van der Waals surface area contributed by atoms with Gasteiger partial charge in [-0.1, -0.05) is 18.2 Å². The molecule has 0 amide bonds. The molecule has 0 saturated heterocycles. The average Bonchev–Trinajstić information content (AvgIpc) is 2.53. The van der Waals surface area contributed by atoms with Gasteiger partial charge in [-0.25, -0.2) is 9.97 Å². The first-order valence-corrected chi connectivity index (χ1v) is 6.68. The van der Waals surface area contributed by atoms with Crippen molar-refractivity contribution >= 4 is 22.4 Å². The van der Waals surface area contributed by atoms with Gasteiger partial charge >= 0.3 is 0 Å². The molecule has 0 radical (unpaired) electrons. The molecule has 0 fully saturated rings. The second-order valence-corrected chi connectivity index (χ2v) is 5.01. The molecule has 21 heavy (non-hydrogen) atoms. The Morgan fingerprint density at radius 2 is 1.67 bits per heavy atom. The van der Waals surface area contributed by atoms with Crippen molar-refractivity contribution in [3.8, 4) is 0 Å². The van der Waals surface area contributed by atoms with Crippen LogP contribution in [0.15, 0.2) is 54.9 Å². The van der Waals surface area contributed by atoms with Gasteiger partial charge in [-0.3, -0.25) is 4.79 Å². The number of anilines is 1. The number of rotatable bonds is 3. The minimum Gasteiger partial charge on any atom is -0.378 e. The molecule has 3 rings (SSSR count). The number of nitrogens with zero attached hydrogens (tertiary/aromatic N) is 3. The van der Waals surface area contributed by atoms with Crippen molar-refractivity contribution in [1.29, 1.82) is 0 Å². The topological polar surface area (TPSA) is 46.1 Å². The molecule has 0 spiro atoms. The molecule has 0 saturated carbocycles. The minimum absolute atomic E-state index is 0.0843. The molecular formula is C17H15N3O. The first-order valence-electron chi connectivity index (χ1n) is 6.68. The molecule has 4 heteroatoms. The number of para-hydroxylation sites is 1. The molecule has 4 nitrogen and oxygen atoms in total. The van der Waals surface area contributed by atoms with Gasteiger partial charge in [0.25, 0.3) is 0 Å². The number of hydrogen-bond donors (Lipinski definition) is 0. The number of ketones is 1. The van der Waals surface area contributed by atoms with E-state index in [1.54, 1.807) is 0 Å². The van der Waals surface area contributed by atoms with Gasteiger partial charge in [-0.15, -0.1) is 0 Å². The lowest BCUT2D eigenvalue weighted by atomic mass is 10.0. The second kappa shape index (κ2) is 5.32. The summed E-state index contributed by atoms with van der Waals surface area (Å²) < 4.78 is 0. The van der Waals surface area contributed by atoms with E-state index in [2.05, 4.69) is 9.97 Å². The van der Waals surface area contributed by atoms with E-state index in [-0.39, 0.29) is 5.78 Å². The largest absolute Gasteiger partial charge is 0.378 e. The van der Waals surface area contributed by atoms with Crippen LogP contribution in [0.3, 0.4) is 0 Å². The average molecular weight is 277 g/mol. The fourth-order valence-electron chi connectivity index (χ4n) is 2.23. The summed E-state index contributed by atoms with van der Waals surface area (Å²) in [6.45, 7) is 0. The Kier molecular flexibility index (Phi) is 3.36. The second-order valence-electron chi connectivity index (χ2n) is 5.01. The molecule has 0 aliphatic heterocycles. The zero-order chi connectivity index (χ0) is 14.8. The van der Waals surface area contributed by atoms with Gasteiger partial charge in [0.1, 0.15) is 12.0 Å². The first-order chi connectivity index (χ1) is 10.2. The lowest BCUT2D eigenvalue weighted by molar-refractivity contribution is 0.103. The van der Waals surface area contributed by atoms with Crippen LogP contribution in [0, 0.1) is 0 Å². The molecule has 0 N–H and O–H groups in total. The zero-order valence-electron chi connectivity index (χ0n) is 11.9. The van der Waals surface area contributed by atoms with Crippen molar-refractivity contribution in [3.63, 3.8) is 0 Å². The number of hydrogen-bond acceptors (Lipinski definition) is 4. The summed E-state index contributed by atoms with van der Waals surface area (Å²) in [7, 11) is 3.93. The van der Waals surface area contributed by atoms with Crippen molar-refractivity contribution in [1.82, 2.24) is 9.97 Å². The van der Waals surface area contributed by atoms with Crippen LogP contribution in [0.5, 0.6) is 0 Å². The summed E-state index contributed by atoms with van der Waals surface area (Å²) in [4.78, 5) is 23.0. The molecule has 2 aromatic carbocycles.